The molecule has 0 aliphatic heterocycles. The molecule has 0 heterocycles. The lowest BCUT2D eigenvalue weighted by atomic mass is 10.1. The Morgan fingerprint density at radius 3 is 1.86 bits per heavy atom. The summed E-state index contributed by atoms with van der Waals surface area (Å²) in [4.78, 5) is 35.1. The van der Waals surface area contributed by atoms with Crippen LogP contribution in [0, 0.1) is 0 Å². The lowest BCUT2D eigenvalue weighted by molar-refractivity contribution is -0.114. The molecule has 5 heteroatoms. The summed E-state index contributed by atoms with van der Waals surface area (Å²) in [6.07, 6.45) is 0. The summed E-state index contributed by atoms with van der Waals surface area (Å²) in [5.74, 6) is -1.64. The molecule has 2 rings (SSSR count). The van der Waals surface area contributed by atoms with Crippen molar-refractivity contribution < 1.29 is 14.4 Å². The molecule has 2 aromatic rings. The van der Waals surface area contributed by atoms with Gasteiger partial charge in [0.05, 0.1) is 11.4 Å². The molecule has 0 radical (unpaired) electrons. The van der Waals surface area contributed by atoms with E-state index in [1.165, 1.54) is 6.92 Å². The Balaban J connectivity index is 2.17. The molecular formula is C16H14N2O3. The van der Waals surface area contributed by atoms with E-state index in [9.17, 15) is 14.4 Å². The van der Waals surface area contributed by atoms with Crippen LogP contribution in [0.2, 0.25) is 0 Å². The smallest absolute Gasteiger partial charge is 0.296 e. The third-order valence-corrected chi connectivity index (χ3v) is 2.73. The Hall–Kier alpha value is -2.95. The largest absolute Gasteiger partial charge is 0.325 e. The number of rotatable bonds is 4. The first kappa shape index (κ1) is 14.5. The van der Waals surface area contributed by atoms with Crippen molar-refractivity contribution in [2.75, 3.05) is 10.6 Å². The van der Waals surface area contributed by atoms with E-state index in [-0.39, 0.29) is 5.91 Å². The number of Topliss-reactive ketones (excluding diaryl/α,β-unsaturated/α-hetero) is 1. The molecule has 0 saturated heterocycles. The van der Waals surface area contributed by atoms with Crippen molar-refractivity contribution in [2.45, 2.75) is 6.92 Å². The van der Waals surface area contributed by atoms with Crippen LogP contribution < -0.4 is 10.6 Å². The molecule has 106 valence electrons. The van der Waals surface area contributed by atoms with Crippen LogP contribution in [-0.4, -0.2) is 17.6 Å². The molecule has 0 fully saturated rings. The van der Waals surface area contributed by atoms with E-state index in [1.54, 1.807) is 54.6 Å². The van der Waals surface area contributed by atoms with Crippen LogP contribution in [0.1, 0.15) is 17.3 Å². The predicted octanol–water partition coefficient (Wildman–Crippen LogP) is 2.47. The van der Waals surface area contributed by atoms with Crippen LogP contribution in [0.3, 0.4) is 0 Å². The zero-order valence-corrected chi connectivity index (χ0v) is 11.4. The third-order valence-electron chi connectivity index (χ3n) is 2.73. The molecular weight excluding hydrogens is 268 g/mol. The van der Waals surface area contributed by atoms with Gasteiger partial charge in [-0.3, -0.25) is 14.4 Å². The van der Waals surface area contributed by atoms with Gasteiger partial charge in [0.25, 0.3) is 11.7 Å². The van der Waals surface area contributed by atoms with Gasteiger partial charge >= 0.3 is 0 Å². The van der Waals surface area contributed by atoms with Crippen LogP contribution >= 0.6 is 0 Å². The summed E-state index contributed by atoms with van der Waals surface area (Å²) in [5.41, 5.74) is 1.13. The van der Waals surface area contributed by atoms with E-state index in [0.29, 0.717) is 16.9 Å². The van der Waals surface area contributed by atoms with E-state index in [2.05, 4.69) is 10.6 Å². The molecule has 2 aromatic carbocycles. The van der Waals surface area contributed by atoms with Crippen molar-refractivity contribution in [2.24, 2.45) is 0 Å². The molecule has 2 N–H and O–H groups in total. The molecule has 0 aliphatic rings. The number of hydrogen-bond acceptors (Lipinski definition) is 3. The number of nitrogens with one attached hydrogen (secondary N) is 2. The van der Waals surface area contributed by atoms with Crippen molar-refractivity contribution in [1.82, 2.24) is 0 Å². The fraction of sp³-hybridized carbons (Fsp3) is 0.0625. The summed E-state index contributed by atoms with van der Waals surface area (Å²) in [6, 6.07) is 15.0. The highest BCUT2D eigenvalue weighted by atomic mass is 16.2. The average Bonchev–Trinajstić information content (AvgIpc) is 2.49. The van der Waals surface area contributed by atoms with Gasteiger partial charge in [0, 0.05) is 12.5 Å². The molecule has 0 aliphatic carbocycles. The molecule has 21 heavy (non-hydrogen) atoms. The highest BCUT2D eigenvalue weighted by Gasteiger charge is 2.17. The van der Waals surface area contributed by atoms with E-state index in [1.807, 2.05) is 0 Å². The fourth-order valence-corrected chi connectivity index (χ4v) is 1.79. The van der Waals surface area contributed by atoms with Crippen LogP contribution in [0.15, 0.2) is 54.6 Å². The van der Waals surface area contributed by atoms with E-state index < -0.39 is 11.7 Å². The molecule has 0 saturated carbocycles. The average molecular weight is 282 g/mol. The van der Waals surface area contributed by atoms with Gasteiger partial charge in [0.2, 0.25) is 5.91 Å². The maximum atomic E-state index is 12.0. The number of amides is 2. The molecule has 0 aromatic heterocycles. The summed E-state index contributed by atoms with van der Waals surface area (Å²) >= 11 is 0. The van der Waals surface area contributed by atoms with E-state index >= 15 is 0 Å². The Morgan fingerprint density at radius 2 is 1.29 bits per heavy atom. The Morgan fingerprint density at radius 1 is 0.762 bits per heavy atom. The Labute approximate surface area is 122 Å². The first-order chi connectivity index (χ1) is 10.1. The Bertz CT molecular complexity index is 681. The molecule has 0 atom stereocenters. The second-order valence-corrected chi connectivity index (χ2v) is 4.38. The minimum atomic E-state index is -0.751. The maximum absolute atomic E-state index is 12.0. The molecule has 5 nitrogen and oxygen atoms in total. The second-order valence-electron chi connectivity index (χ2n) is 4.38. The molecule has 0 bridgehead atoms. The maximum Gasteiger partial charge on any atom is 0.296 e. The second kappa shape index (κ2) is 6.47. The zero-order chi connectivity index (χ0) is 15.2. The highest BCUT2D eigenvalue weighted by molar-refractivity contribution is 6.46. The van der Waals surface area contributed by atoms with Crippen molar-refractivity contribution in [3.8, 4) is 0 Å². The normalized spacial score (nSPS) is 9.76. The van der Waals surface area contributed by atoms with Crippen LogP contribution in [0.25, 0.3) is 0 Å². The number of ketones is 1. The van der Waals surface area contributed by atoms with E-state index in [4.69, 9.17) is 0 Å². The van der Waals surface area contributed by atoms with Crippen LogP contribution in [0.5, 0.6) is 0 Å². The van der Waals surface area contributed by atoms with E-state index in [0.717, 1.165) is 0 Å². The van der Waals surface area contributed by atoms with Crippen LogP contribution in [0.4, 0.5) is 11.4 Å². The lowest BCUT2D eigenvalue weighted by Gasteiger charge is -2.10. The van der Waals surface area contributed by atoms with Crippen molar-refractivity contribution >= 4 is 29.0 Å². The minimum absolute atomic E-state index is 0.258. The lowest BCUT2D eigenvalue weighted by Crippen LogP contribution is -2.23. The quantitative estimate of drug-likeness (QED) is 0.668. The van der Waals surface area contributed by atoms with Crippen molar-refractivity contribution in [1.29, 1.82) is 0 Å². The van der Waals surface area contributed by atoms with Gasteiger partial charge in [0.1, 0.15) is 0 Å². The third kappa shape index (κ3) is 3.76. The molecule has 2 amide bonds. The number of anilines is 2. The van der Waals surface area contributed by atoms with Crippen LogP contribution in [-0.2, 0) is 9.59 Å². The summed E-state index contributed by atoms with van der Waals surface area (Å²) in [7, 11) is 0. The number of carbonyl (C=O) groups is 3. The highest BCUT2D eigenvalue weighted by Crippen LogP contribution is 2.21. The van der Waals surface area contributed by atoms with Crippen molar-refractivity contribution in [3.05, 3.63) is 60.2 Å². The van der Waals surface area contributed by atoms with Gasteiger partial charge in [0.15, 0.2) is 0 Å². The topological polar surface area (TPSA) is 75.3 Å². The predicted molar refractivity (Wildman–Crippen MR) is 80.1 cm³/mol. The van der Waals surface area contributed by atoms with Gasteiger partial charge in [-0.1, -0.05) is 42.5 Å². The number of para-hydroxylation sites is 2. The SMILES string of the molecule is CC(=O)Nc1ccccc1NC(=O)C(=O)c1ccccc1. The number of hydrogen-bond donors (Lipinski definition) is 2. The standard InChI is InChI=1S/C16H14N2O3/c1-11(19)17-13-9-5-6-10-14(13)18-16(21)15(20)12-7-3-2-4-8-12/h2-10H,1H3,(H,17,19)(H,18,21). The summed E-state index contributed by atoms with van der Waals surface area (Å²) in [6.45, 7) is 1.37. The number of carbonyl (C=O) groups excluding carboxylic acids is 3. The van der Waals surface area contributed by atoms with Gasteiger partial charge in [-0.05, 0) is 12.1 Å². The minimum Gasteiger partial charge on any atom is -0.325 e. The summed E-state index contributed by atoms with van der Waals surface area (Å²) < 4.78 is 0. The fourth-order valence-electron chi connectivity index (χ4n) is 1.79. The monoisotopic (exact) mass is 282 g/mol. The first-order valence-corrected chi connectivity index (χ1v) is 6.35. The van der Waals surface area contributed by atoms with Crippen molar-refractivity contribution in [3.63, 3.8) is 0 Å². The summed E-state index contributed by atoms with van der Waals surface area (Å²) in [5, 5.41) is 5.10. The zero-order valence-electron chi connectivity index (χ0n) is 11.4. The van der Waals surface area contributed by atoms with Gasteiger partial charge in [-0.2, -0.15) is 0 Å². The first-order valence-electron chi connectivity index (χ1n) is 6.35. The molecule has 0 spiro atoms. The van der Waals surface area contributed by atoms with Gasteiger partial charge in [-0.15, -0.1) is 0 Å². The molecule has 0 unspecified atom stereocenters. The van der Waals surface area contributed by atoms with Gasteiger partial charge < -0.3 is 10.6 Å². The number of benzene rings is 2. The Kier molecular flexibility index (Phi) is 4.46. The van der Waals surface area contributed by atoms with Gasteiger partial charge in [-0.25, -0.2) is 0 Å².